The molecule has 0 bridgehead atoms. The van der Waals surface area contributed by atoms with Gasteiger partial charge in [-0.2, -0.15) is 0 Å². The highest BCUT2D eigenvalue weighted by Crippen LogP contribution is 2.18. The molecular weight excluding hydrogens is 262 g/mol. The molecule has 112 valence electrons. The molecular formula is C18H23NO2. The zero-order valence-corrected chi connectivity index (χ0v) is 12.9. The van der Waals surface area contributed by atoms with E-state index >= 15 is 0 Å². The molecule has 1 unspecified atom stereocenters. The number of rotatable bonds is 6. The van der Waals surface area contributed by atoms with Crippen LogP contribution < -0.4 is 10.1 Å². The van der Waals surface area contributed by atoms with Gasteiger partial charge >= 0.3 is 0 Å². The van der Waals surface area contributed by atoms with Crippen LogP contribution in [0.2, 0.25) is 0 Å². The predicted octanol–water partition coefficient (Wildman–Crippen LogP) is 3.57. The molecule has 0 aromatic heterocycles. The Kier molecular flexibility index (Phi) is 5.23. The largest absolute Gasteiger partial charge is 0.508 e. The minimum Gasteiger partial charge on any atom is -0.508 e. The van der Waals surface area contributed by atoms with E-state index in [-0.39, 0.29) is 6.04 Å². The van der Waals surface area contributed by atoms with Crippen molar-refractivity contribution in [2.45, 2.75) is 33.4 Å². The van der Waals surface area contributed by atoms with Gasteiger partial charge in [0.2, 0.25) is 0 Å². The van der Waals surface area contributed by atoms with Gasteiger partial charge in [0.1, 0.15) is 18.1 Å². The molecule has 1 atom stereocenters. The Hall–Kier alpha value is -2.00. The number of phenols is 1. The van der Waals surface area contributed by atoms with Crippen molar-refractivity contribution in [3.05, 3.63) is 59.2 Å². The number of hydrogen-bond donors (Lipinski definition) is 2. The van der Waals surface area contributed by atoms with Crippen LogP contribution in [0.1, 0.15) is 23.6 Å². The van der Waals surface area contributed by atoms with Crippen LogP contribution in [0.3, 0.4) is 0 Å². The van der Waals surface area contributed by atoms with Crippen molar-refractivity contribution in [1.82, 2.24) is 5.32 Å². The first-order valence-corrected chi connectivity index (χ1v) is 7.26. The van der Waals surface area contributed by atoms with Crippen LogP contribution >= 0.6 is 0 Å². The van der Waals surface area contributed by atoms with Gasteiger partial charge in [-0.25, -0.2) is 0 Å². The van der Waals surface area contributed by atoms with Gasteiger partial charge in [-0.1, -0.05) is 35.4 Å². The van der Waals surface area contributed by atoms with Crippen LogP contribution in [-0.4, -0.2) is 17.8 Å². The lowest BCUT2D eigenvalue weighted by molar-refractivity contribution is 0.272. The summed E-state index contributed by atoms with van der Waals surface area (Å²) in [6, 6.07) is 13.9. The molecule has 0 radical (unpaired) electrons. The molecule has 3 heteroatoms. The second-order valence-electron chi connectivity index (χ2n) is 5.54. The van der Waals surface area contributed by atoms with Gasteiger partial charge in [0, 0.05) is 18.2 Å². The average Bonchev–Trinajstić information content (AvgIpc) is 2.47. The van der Waals surface area contributed by atoms with Crippen molar-refractivity contribution in [3.63, 3.8) is 0 Å². The summed E-state index contributed by atoms with van der Waals surface area (Å²) in [7, 11) is 0. The first-order chi connectivity index (χ1) is 10.0. The van der Waals surface area contributed by atoms with Crippen LogP contribution in [-0.2, 0) is 6.54 Å². The van der Waals surface area contributed by atoms with Crippen molar-refractivity contribution in [3.8, 4) is 11.5 Å². The fraction of sp³-hybridized carbons (Fsp3) is 0.333. The lowest BCUT2D eigenvalue weighted by Gasteiger charge is -2.16. The lowest BCUT2D eigenvalue weighted by atomic mass is 10.1. The summed E-state index contributed by atoms with van der Waals surface area (Å²) < 4.78 is 5.74. The Morgan fingerprint density at radius 2 is 1.71 bits per heavy atom. The maximum absolute atomic E-state index is 9.81. The van der Waals surface area contributed by atoms with Gasteiger partial charge in [0.15, 0.2) is 0 Å². The third kappa shape index (κ3) is 4.80. The van der Waals surface area contributed by atoms with Crippen LogP contribution in [0.4, 0.5) is 0 Å². The molecule has 3 nitrogen and oxygen atoms in total. The van der Waals surface area contributed by atoms with Gasteiger partial charge in [-0.3, -0.25) is 0 Å². The summed E-state index contributed by atoms with van der Waals surface area (Å²) in [4.78, 5) is 0. The Labute approximate surface area is 126 Å². The van der Waals surface area contributed by atoms with Gasteiger partial charge in [-0.15, -0.1) is 0 Å². The molecule has 0 saturated carbocycles. The number of hydrogen-bond acceptors (Lipinski definition) is 3. The molecule has 2 N–H and O–H groups in total. The monoisotopic (exact) mass is 285 g/mol. The Balaban J connectivity index is 1.80. The maximum atomic E-state index is 9.81. The van der Waals surface area contributed by atoms with E-state index in [0.717, 1.165) is 16.9 Å². The Morgan fingerprint density at radius 1 is 1.05 bits per heavy atom. The van der Waals surface area contributed by atoms with Crippen LogP contribution in [0, 0.1) is 13.8 Å². The number of aromatic hydroxyl groups is 1. The second-order valence-corrected chi connectivity index (χ2v) is 5.54. The minimum absolute atomic E-state index is 0.200. The highest BCUT2D eigenvalue weighted by molar-refractivity contribution is 5.35. The topological polar surface area (TPSA) is 41.5 Å². The lowest BCUT2D eigenvalue weighted by Crippen LogP contribution is -2.31. The van der Waals surface area contributed by atoms with E-state index in [4.69, 9.17) is 4.74 Å². The first kappa shape index (κ1) is 15.4. The van der Waals surface area contributed by atoms with Crippen LogP contribution in [0.25, 0.3) is 0 Å². The number of aryl methyl sites for hydroxylation is 2. The van der Waals surface area contributed by atoms with Gasteiger partial charge in [0.25, 0.3) is 0 Å². The average molecular weight is 285 g/mol. The smallest absolute Gasteiger partial charge is 0.120 e. The van der Waals surface area contributed by atoms with E-state index in [1.807, 2.05) is 43.3 Å². The molecule has 0 aliphatic heterocycles. The van der Waals surface area contributed by atoms with E-state index in [9.17, 15) is 5.11 Å². The molecule has 2 rings (SSSR count). The van der Waals surface area contributed by atoms with Crippen molar-refractivity contribution >= 4 is 0 Å². The van der Waals surface area contributed by atoms with E-state index in [0.29, 0.717) is 18.9 Å². The highest BCUT2D eigenvalue weighted by Gasteiger charge is 2.06. The normalized spacial score (nSPS) is 12.1. The van der Waals surface area contributed by atoms with Crippen molar-refractivity contribution in [1.29, 1.82) is 0 Å². The molecule has 2 aromatic rings. The van der Waals surface area contributed by atoms with E-state index in [1.54, 1.807) is 6.07 Å². The third-order valence-corrected chi connectivity index (χ3v) is 3.40. The molecule has 21 heavy (non-hydrogen) atoms. The number of ether oxygens (including phenoxy) is 1. The Bertz CT molecular complexity index is 578. The fourth-order valence-corrected chi connectivity index (χ4v) is 2.05. The number of nitrogens with one attached hydrogen (secondary N) is 1. The van der Waals surface area contributed by atoms with Gasteiger partial charge in [0.05, 0.1) is 0 Å². The molecule has 0 saturated heterocycles. The van der Waals surface area contributed by atoms with Gasteiger partial charge in [-0.05, 0) is 39.0 Å². The van der Waals surface area contributed by atoms with Crippen molar-refractivity contribution in [2.24, 2.45) is 0 Å². The molecule has 2 aromatic carbocycles. The van der Waals surface area contributed by atoms with E-state index in [2.05, 4.69) is 19.2 Å². The predicted molar refractivity (Wildman–Crippen MR) is 85.8 cm³/mol. The molecule has 0 fully saturated rings. The summed E-state index contributed by atoms with van der Waals surface area (Å²) in [5.41, 5.74) is 3.29. The van der Waals surface area contributed by atoms with Gasteiger partial charge < -0.3 is 15.2 Å². The molecule has 0 amide bonds. The SMILES string of the molecule is Cc1ccc(OCC(C)NCc2cc(C)ccc2O)cc1. The minimum atomic E-state index is 0.200. The number of phenolic OH excluding ortho intramolecular Hbond substituents is 1. The van der Waals surface area contributed by atoms with E-state index < -0.39 is 0 Å². The summed E-state index contributed by atoms with van der Waals surface area (Å²) >= 11 is 0. The van der Waals surface area contributed by atoms with Crippen molar-refractivity contribution < 1.29 is 9.84 Å². The summed E-state index contributed by atoms with van der Waals surface area (Å²) in [6.45, 7) is 7.37. The Morgan fingerprint density at radius 3 is 2.43 bits per heavy atom. The van der Waals surface area contributed by atoms with E-state index in [1.165, 1.54) is 5.56 Å². The maximum Gasteiger partial charge on any atom is 0.120 e. The fourth-order valence-electron chi connectivity index (χ4n) is 2.05. The number of benzene rings is 2. The van der Waals surface area contributed by atoms with Crippen LogP contribution in [0.5, 0.6) is 11.5 Å². The summed E-state index contributed by atoms with van der Waals surface area (Å²) in [6.07, 6.45) is 0. The first-order valence-electron chi connectivity index (χ1n) is 7.26. The summed E-state index contributed by atoms with van der Waals surface area (Å²) in [5, 5.41) is 13.2. The standard InChI is InChI=1S/C18H23NO2/c1-13-4-7-17(8-5-13)21-12-15(3)19-11-16-10-14(2)6-9-18(16)20/h4-10,15,19-20H,11-12H2,1-3H3. The molecule has 0 heterocycles. The second kappa shape index (κ2) is 7.14. The quantitative estimate of drug-likeness (QED) is 0.852. The van der Waals surface area contributed by atoms with Crippen LogP contribution in [0.15, 0.2) is 42.5 Å². The molecule has 0 aliphatic carbocycles. The highest BCUT2D eigenvalue weighted by atomic mass is 16.5. The molecule has 0 spiro atoms. The summed E-state index contributed by atoms with van der Waals surface area (Å²) in [5.74, 6) is 1.22. The van der Waals surface area contributed by atoms with Crippen molar-refractivity contribution in [2.75, 3.05) is 6.61 Å². The zero-order valence-electron chi connectivity index (χ0n) is 12.9. The third-order valence-electron chi connectivity index (χ3n) is 3.40. The zero-order chi connectivity index (χ0) is 15.2. The molecule has 0 aliphatic rings.